The van der Waals surface area contributed by atoms with Crippen LogP contribution < -0.4 is 6.15 Å². The fourth-order valence-corrected chi connectivity index (χ4v) is 0. The standard InChI is InChI=1S/2Cu.H3N.H2O4S/c;;;1-5(2,3)4/h;;1H3;(H2,1,2,3,4)/q2*+2;;/p-2. The summed E-state index contributed by atoms with van der Waals surface area (Å²) >= 11 is 0. The fraction of sp³-hybridized carbons (Fsp3) is 0. The van der Waals surface area contributed by atoms with Crippen LogP contribution in [0.1, 0.15) is 0 Å². The van der Waals surface area contributed by atoms with E-state index in [0.29, 0.717) is 0 Å². The fourth-order valence-electron chi connectivity index (χ4n) is 0. The van der Waals surface area contributed by atoms with Crippen LogP contribution >= 0.6 is 0 Å². The third-order valence-electron chi connectivity index (χ3n) is 0. The van der Waals surface area contributed by atoms with Gasteiger partial charge in [-0.1, -0.05) is 0 Å². The van der Waals surface area contributed by atoms with Gasteiger partial charge in [-0.15, -0.1) is 0 Å². The number of hydrogen-bond acceptors (Lipinski definition) is 5. The molecule has 0 fully saturated rings. The minimum absolute atomic E-state index is 0. The van der Waals surface area contributed by atoms with Crippen LogP contribution in [-0.2, 0) is 44.5 Å². The first kappa shape index (κ1) is 23.2. The van der Waals surface area contributed by atoms with Gasteiger partial charge in [0.25, 0.3) is 0 Å². The van der Waals surface area contributed by atoms with Crippen molar-refractivity contribution in [2.75, 3.05) is 0 Å². The van der Waals surface area contributed by atoms with E-state index >= 15 is 0 Å². The van der Waals surface area contributed by atoms with Crippen molar-refractivity contribution in [3.8, 4) is 0 Å². The molecule has 0 aliphatic rings. The van der Waals surface area contributed by atoms with E-state index in [0.717, 1.165) is 0 Å². The topological polar surface area (TPSA) is 115 Å². The van der Waals surface area contributed by atoms with Crippen LogP contribution in [0, 0.1) is 0 Å². The van der Waals surface area contributed by atoms with Crippen molar-refractivity contribution in [1.82, 2.24) is 6.15 Å². The van der Waals surface area contributed by atoms with E-state index in [-0.39, 0.29) is 40.3 Å². The Balaban J connectivity index is -0.0000000267. The van der Waals surface area contributed by atoms with Gasteiger partial charge in [-0.25, -0.2) is 0 Å². The Bertz CT molecular complexity index is 97.2. The van der Waals surface area contributed by atoms with E-state index in [1.165, 1.54) is 0 Å². The SMILES string of the molecule is N.O=S(=O)([O-])[O-].[Cu+2].[Cu+2]. The molecule has 0 aliphatic heterocycles. The van der Waals surface area contributed by atoms with Crippen molar-refractivity contribution in [2.45, 2.75) is 0 Å². The minimum Gasteiger partial charge on any atom is -0.759 e. The van der Waals surface area contributed by atoms with Crippen molar-refractivity contribution < 1.29 is 51.7 Å². The molecule has 0 spiro atoms. The Morgan fingerprint density at radius 3 is 1.00 bits per heavy atom. The van der Waals surface area contributed by atoms with Crippen molar-refractivity contribution in [3.63, 3.8) is 0 Å². The van der Waals surface area contributed by atoms with Gasteiger partial charge < -0.3 is 15.3 Å². The molecule has 0 saturated heterocycles. The second-order valence-corrected chi connectivity index (χ2v) is 1.22. The Hall–Kier alpha value is 0.869. The molecule has 0 atom stereocenters. The molecule has 0 aliphatic carbocycles. The molecule has 0 bridgehead atoms. The van der Waals surface area contributed by atoms with Crippen LogP contribution in [0.2, 0.25) is 0 Å². The maximum atomic E-state index is 8.52. The van der Waals surface area contributed by atoms with E-state index in [4.69, 9.17) is 17.5 Å². The van der Waals surface area contributed by atoms with E-state index in [1.54, 1.807) is 0 Å². The predicted octanol–water partition coefficient (Wildman–Crippen LogP) is -1.18. The zero-order valence-corrected chi connectivity index (χ0v) is 6.05. The van der Waals surface area contributed by atoms with Crippen LogP contribution in [-0.4, -0.2) is 17.5 Å². The molecule has 0 unspecified atom stereocenters. The first-order chi connectivity index (χ1) is 2.00. The summed E-state index contributed by atoms with van der Waals surface area (Å²) in [6.45, 7) is 0. The molecule has 0 amide bonds. The van der Waals surface area contributed by atoms with Crippen molar-refractivity contribution in [2.24, 2.45) is 0 Å². The smallest absolute Gasteiger partial charge is 0.759 e. The van der Waals surface area contributed by atoms with Gasteiger partial charge in [0.05, 0.1) is 0 Å². The largest absolute Gasteiger partial charge is 2.00 e. The molecule has 8 heteroatoms. The molecule has 8 heavy (non-hydrogen) atoms. The van der Waals surface area contributed by atoms with Gasteiger partial charge in [-0.05, 0) is 0 Å². The van der Waals surface area contributed by atoms with Gasteiger partial charge >= 0.3 is 34.1 Å². The summed E-state index contributed by atoms with van der Waals surface area (Å²) in [5.74, 6) is 0. The van der Waals surface area contributed by atoms with Crippen LogP contribution in [0.4, 0.5) is 0 Å². The molecular formula is H3Cu2NO4S+2. The summed E-state index contributed by atoms with van der Waals surface area (Å²) in [7, 11) is -5.17. The monoisotopic (exact) mass is 239 g/mol. The predicted molar refractivity (Wildman–Crippen MR) is 15.5 cm³/mol. The quantitative estimate of drug-likeness (QED) is 0.325. The minimum atomic E-state index is -5.17. The van der Waals surface area contributed by atoms with Gasteiger partial charge in [0.1, 0.15) is 0 Å². The van der Waals surface area contributed by atoms with E-state index in [2.05, 4.69) is 0 Å². The molecule has 0 aromatic rings. The van der Waals surface area contributed by atoms with Gasteiger partial charge in [-0.2, -0.15) is 0 Å². The van der Waals surface area contributed by atoms with Crippen molar-refractivity contribution >= 4 is 10.4 Å². The summed E-state index contributed by atoms with van der Waals surface area (Å²) in [5, 5.41) is 0. The first-order valence-electron chi connectivity index (χ1n) is 0.667. The summed E-state index contributed by atoms with van der Waals surface area (Å²) in [6, 6.07) is 0. The Kier molecular flexibility index (Phi) is 22.8. The average Bonchev–Trinajstić information content (AvgIpc) is 0.722. The molecule has 0 saturated carbocycles. The third-order valence-corrected chi connectivity index (χ3v) is 0. The van der Waals surface area contributed by atoms with Gasteiger partial charge in [0.2, 0.25) is 0 Å². The molecule has 0 aromatic heterocycles. The number of rotatable bonds is 0. The maximum Gasteiger partial charge on any atom is 2.00 e. The Morgan fingerprint density at radius 2 is 1.00 bits per heavy atom. The van der Waals surface area contributed by atoms with E-state index < -0.39 is 10.4 Å². The van der Waals surface area contributed by atoms with E-state index in [9.17, 15) is 0 Å². The zero-order valence-electron chi connectivity index (χ0n) is 3.35. The molecule has 0 rings (SSSR count). The molecule has 0 heterocycles. The zero-order chi connectivity index (χ0) is 4.50. The second-order valence-electron chi connectivity index (χ2n) is 0.408. The average molecular weight is 240 g/mol. The van der Waals surface area contributed by atoms with Gasteiger partial charge in [0, 0.05) is 10.4 Å². The summed E-state index contributed by atoms with van der Waals surface area (Å²) in [4.78, 5) is 0. The molecule has 2 radical (unpaired) electrons. The van der Waals surface area contributed by atoms with Gasteiger partial charge in [-0.3, -0.25) is 8.42 Å². The molecular weight excluding hydrogens is 237 g/mol. The van der Waals surface area contributed by atoms with Crippen LogP contribution in [0.15, 0.2) is 0 Å². The van der Waals surface area contributed by atoms with E-state index in [1.807, 2.05) is 0 Å². The summed E-state index contributed by atoms with van der Waals surface area (Å²) in [5.41, 5.74) is 0. The van der Waals surface area contributed by atoms with Crippen molar-refractivity contribution in [1.29, 1.82) is 0 Å². The van der Waals surface area contributed by atoms with Crippen LogP contribution in [0.3, 0.4) is 0 Å². The maximum absolute atomic E-state index is 8.52. The second kappa shape index (κ2) is 7.87. The van der Waals surface area contributed by atoms with Gasteiger partial charge in [0.15, 0.2) is 0 Å². The first-order valence-corrected chi connectivity index (χ1v) is 2.00. The van der Waals surface area contributed by atoms with Crippen LogP contribution in [0.25, 0.3) is 0 Å². The summed E-state index contributed by atoms with van der Waals surface area (Å²) < 4.78 is 34.1. The number of hydrogen-bond donors (Lipinski definition) is 1. The molecule has 5 nitrogen and oxygen atoms in total. The van der Waals surface area contributed by atoms with Crippen LogP contribution in [0.5, 0.6) is 0 Å². The molecule has 3 N–H and O–H groups in total. The Labute approximate surface area is 68.3 Å². The molecule has 0 aromatic carbocycles. The van der Waals surface area contributed by atoms with Crippen molar-refractivity contribution in [3.05, 3.63) is 0 Å². The third kappa shape index (κ3) is 313. The summed E-state index contributed by atoms with van der Waals surface area (Å²) in [6.07, 6.45) is 0. The Morgan fingerprint density at radius 1 is 1.00 bits per heavy atom. The normalized spacial score (nSPS) is 7.25. The molecule has 58 valence electrons.